The fourth-order valence-electron chi connectivity index (χ4n) is 4.50. The van der Waals surface area contributed by atoms with E-state index in [0.29, 0.717) is 28.9 Å². The van der Waals surface area contributed by atoms with Crippen LogP contribution in [0.3, 0.4) is 0 Å². The predicted molar refractivity (Wildman–Crippen MR) is 135 cm³/mol. The molecule has 3 N–H and O–H groups in total. The summed E-state index contributed by atoms with van der Waals surface area (Å²) in [4.78, 5) is 32.6. The molecule has 0 radical (unpaired) electrons. The highest BCUT2D eigenvalue weighted by Crippen LogP contribution is 2.31. The number of hydrogen-bond acceptors (Lipinski definition) is 6. The zero-order valence-electron chi connectivity index (χ0n) is 19.0. The Kier molecular flexibility index (Phi) is 12.5. The molecule has 0 spiro atoms. The van der Waals surface area contributed by atoms with Crippen molar-refractivity contribution in [3.63, 3.8) is 0 Å². The molecule has 1 atom stereocenters. The first-order chi connectivity index (χ1) is 14.9. The van der Waals surface area contributed by atoms with Crippen LogP contribution in [0.25, 0.3) is 6.08 Å². The molecular weight excluding hydrogens is 489 g/mol. The molecule has 2 aliphatic rings. The maximum atomic E-state index is 13.0. The lowest BCUT2D eigenvalue weighted by Crippen LogP contribution is -2.38. The van der Waals surface area contributed by atoms with Gasteiger partial charge in [-0.1, -0.05) is 11.6 Å². The number of hydrogen-bond donors (Lipinski definition) is 3. The number of pyridine rings is 1. The van der Waals surface area contributed by atoms with Gasteiger partial charge in [0.15, 0.2) is 0 Å². The zero-order chi connectivity index (χ0) is 22.4. The van der Waals surface area contributed by atoms with E-state index < -0.39 is 5.91 Å². The van der Waals surface area contributed by atoms with E-state index in [-0.39, 0.29) is 42.7 Å². The van der Waals surface area contributed by atoms with Crippen LogP contribution in [-0.4, -0.2) is 71.6 Å². The molecule has 11 heteroatoms. The Balaban J connectivity index is 0.00000272. The van der Waals surface area contributed by atoms with E-state index >= 15 is 0 Å². The summed E-state index contributed by atoms with van der Waals surface area (Å²) in [5.41, 5.74) is 2.18. The van der Waals surface area contributed by atoms with E-state index in [1.165, 1.54) is 17.6 Å². The van der Waals surface area contributed by atoms with E-state index in [9.17, 15) is 9.59 Å². The third-order valence-corrected chi connectivity index (χ3v) is 6.35. The average molecular weight is 523 g/mol. The van der Waals surface area contributed by atoms with Crippen LogP contribution in [0.5, 0.6) is 0 Å². The van der Waals surface area contributed by atoms with E-state index in [0.717, 1.165) is 45.2 Å². The van der Waals surface area contributed by atoms with Gasteiger partial charge in [0.05, 0.1) is 5.02 Å². The minimum Gasteiger partial charge on any atom is -0.364 e. The van der Waals surface area contributed by atoms with Crippen molar-refractivity contribution in [3.05, 3.63) is 28.9 Å². The Bertz CT molecular complexity index is 816. The Morgan fingerprint density at radius 2 is 1.94 bits per heavy atom. The molecule has 1 saturated heterocycles. The van der Waals surface area contributed by atoms with E-state index in [1.54, 1.807) is 12.3 Å². The smallest absolute Gasteiger partial charge is 0.267 e. The summed E-state index contributed by atoms with van der Waals surface area (Å²) < 4.78 is 0. The maximum Gasteiger partial charge on any atom is 0.267 e. The Morgan fingerprint density at radius 1 is 1.24 bits per heavy atom. The normalized spacial score (nSPS) is 22.6. The highest BCUT2D eigenvalue weighted by Gasteiger charge is 2.33. The van der Waals surface area contributed by atoms with Crippen molar-refractivity contribution < 1.29 is 14.8 Å². The molecule has 0 unspecified atom stereocenters. The van der Waals surface area contributed by atoms with Crippen LogP contribution in [0.1, 0.15) is 37.7 Å². The molecule has 2 fully saturated rings. The number of aromatic nitrogens is 1. The minimum absolute atomic E-state index is 0. The van der Waals surface area contributed by atoms with Crippen molar-refractivity contribution in [1.82, 2.24) is 20.3 Å². The number of amides is 2. The number of carbonyl (C=O) groups is 2. The number of hydroxylamine groups is 1. The summed E-state index contributed by atoms with van der Waals surface area (Å²) >= 11 is 6.33. The van der Waals surface area contributed by atoms with Gasteiger partial charge >= 0.3 is 0 Å². The molecule has 2 heterocycles. The van der Waals surface area contributed by atoms with Gasteiger partial charge in [-0.15, -0.1) is 24.8 Å². The predicted octanol–water partition coefficient (Wildman–Crippen LogP) is 3.48. The third-order valence-electron chi connectivity index (χ3n) is 6.06. The van der Waals surface area contributed by atoms with Crippen molar-refractivity contribution in [2.45, 2.75) is 38.1 Å². The summed E-state index contributed by atoms with van der Waals surface area (Å²) in [6.45, 7) is 2.52. The average Bonchev–Trinajstić information content (AvgIpc) is 3.22. The van der Waals surface area contributed by atoms with Crippen molar-refractivity contribution in [2.75, 3.05) is 39.0 Å². The minimum atomic E-state index is -0.625. The standard InChI is InChI=1S/C22H32ClN5O3.2ClH/c1-27(2)13-15-3-6-17(7-4-15)22(30)28-10-9-18(14-28)25-21-19(23)11-16(12-24-21)5-8-20(29)26-31;;/h5,8,11-12,15,17-18,31H,3-4,6-7,9-10,13-14H2,1-2H3,(H,24,25)(H,26,29);2*1H/b8-5+;;/t15?,17?,18-;;/m1../s1. The Labute approximate surface area is 212 Å². The summed E-state index contributed by atoms with van der Waals surface area (Å²) in [6.07, 6.45) is 9.39. The number of nitrogens with one attached hydrogen (secondary N) is 2. The largest absolute Gasteiger partial charge is 0.364 e. The Morgan fingerprint density at radius 3 is 2.55 bits per heavy atom. The molecule has 1 aromatic heterocycles. The zero-order valence-corrected chi connectivity index (χ0v) is 21.4. The van der Waals surface area contributed by atoms with Crippen LogP contribution in [0, 0.1) is 11.8 Å². The summed E-state index contributed by atoms with van der Waals surface area (Å²) in [7, 11) is 4.21. The third kappa shape index (κ3) is 8.61. The highest BCUT2D eigenvalue weighted by molar-refractivity contribution is 6.33. The van der Waals surface area contributed by atoms with Crippen LogP contribution >= 0.6 is 36.4 Å². The van der Waals surface area contributed by atoms with Crippen LogP contribution in [0.4, 0.5) is 5.82 Å². The van der Waals surface area contributed by atoms with Gasteiger partial charge in [0, 0.05) is 43.9 Å². The van der Waals surface area contributed by atoms with Gasteiger partial charge in [-0.25, -0.2) is 10.5 Å². The quantitative estimate of drug-likeness (QED) is 0.288. The first-order valence-corrected chi connectivity index (χ1v) is 11.2. The number of anilines is 1. The topological polar surface area (TPSA) is 97.8 Å². The summed E-state index contributed by atoms with van der Waals surface area (Å²) in [5.74, 6) is 1.08. The van der Waals surface area contributed by atoms with E-state index in [1.807, 2.05) is 4.90 Å². The SMILES string of the molecule is CN(C)CC1CCC(C(=O)N2CC[C@@H](Nc3ncc(/C=C/C(=O)NO)cc3Cl)C2)CC1.Cl.Cl. The van der Waals surface area contributed by atoms with Gasteiger partial charge in [-0.3, -0.25) is 14.8 Å². The molecule has 0 bridgehead atoms. The first-order valence-electron chi connectivity index (χ1n) is 10.8. The van der Waals surface area contributed by atoms with Gasteiger partial charge in [-0.05, 0) is 69.8 Å². The van der Waals surface area contributed by atoms with Gasteiger partial charge in [0.2, 0.25) is 5.91 Å². The van der Waals surface area contributed by atoms with Crippen molar-refractivity contribution in [3.8, 4) is 0 Å². The molecule has 186 valence electrons. The van der Waals surface area contributed by atoms with Crippen LogP contribution in [0.15, 0.2) is 18.3 Å². The molecule has 33 heavy (non-hydrogen) atoms. The lowest BCUT2D eigenvalue weighted by Gasteiger charge is -2.31. The van der Waals surface area contributed by atoms with Crippen molar-refractivity contribution >= 4 is 60.1 Å². The maximum absolute atomic E-state index is 13.0. The fourth-order valence-corrected chi connectivity index (χ4v) is 4.73. The van der Waals surface area contributed by atoms with E-state index in [2.05, 4.69) is 29.3 Å². The molecule has 1 aliphatic carbocycles. The lowest BCUT2D eigenvalue weighted by molar-refractivity contribution is -0.135. The van der Waals surface area contributed by atoms with E-state index in [4.69, 9.17) is 16.8 Å². The lowest BCUT2D eigenvalue weighted by atomic mass is 9.81. The second kappa shape index (κ2) is 14.0. The summed E-state index contributed by atoms with van der Waals surface area (Å²) in [5, 5.41) is 12.3. The fraction of sp³-hybridized carbons (Fsp3) is 0.591. The molecule has 1 aromatic rings. The van der Waals surface area contributed by atoms with Crippen molar-refractivity contribution in [1.29, 1.82) is 0 Å². The molecule has 1 aliphatic heterocycles. The number of likely N-dealkylation sites (tertiary alicyclic amines) is 1. The van der Waals surface area contributed by atoms with Crippen molar-refractivity contribution in [2.24, 2.45) is 11.8 Å². The molecule has 1 saturated carbocycles. The van der Waals surface area contributed by atoms with Crippen LogP contribution in [0.2, 0.25) is 5.02 Å². The second-order valence-electron chi connectivity index (χ2n) is 8.80. The van der Waals surface area contributed by atoms with Gasteiger partial charge in [-0.2, -0.15) is 0 Å². The molecule has 2 amide bonds. The number of nitrogens with zero attached hydrogens (tertiary/aromatic N) is 3. The number of halogens is 3. The molecular formula is C22H34Cl3N5O3. The highest BCUT2D eigenvalue weighted by atomic mass is 35.5. The first kappa shape index (κ1) is 29.5. The summed E-state index contributed by atoms with van der Waals surface area (Å²) in [6, 6.07) is 1.81. The number of rotatable bonds is 7. The molecule has 3 rings (SSSR count). The van der Waals surface area contributed by atoms with Gasteiger partial charge < -0.3 is 15.1 Å². The van der Waals surface area contributed by atoms with Crippen LogP contribution in [-0.2, 0) is 9.59 Å². The molecule has 8 nitrogen and oxygen atoms in total. The van der Waals surface area contributed by atoms with Crippen LogP contribution < -0.4 is 10.8 Å². The number of carbonyl (C=O) groups excluding carboxylic acids is 2. The monoisotopic (exact) mass is 521 g/mol. The molecule has 0 aromatic carbocycles. The van der Waals surface area contributed by atoms with Gasteiger partial charge in [0.1, 0.15) is 5.82 Å². The second-order valence-corrected chi connectivity index (χ2v) is 9.21. The van der Waals surface area contributed by atoms with Gasteiger partial charge in [0.25, 0.3) is 5.91 Å². The Hall–Kier alpha value is -1.58.